The highest BCUT2D eigenvalue weighted by molar-refractivity contribution is 5.92. The Kier molecular flexibility index (Phi) is 8.55. The second-order valence-corrected chi connectivity index (χ2v) is 6.73. The molecule has 6 heteroatoms. The van der Waals surface area contributed by atoms with Gasteiger partial charge >= 0.3 is 0 Å². The van der Waals surface area contributed by atoms with Crippen molar-refractivity contribution >= 4 is 18.2 Å². The largest absolute Gasteiger partial charge is 0.350 e. The highest BCUT2D eigenvalue weighted by Gasteiger charge is 2.22. The third-order valence-electron chi connectivity index (χ3n) is 4.23. The second kappa shape index (κ2) is 10.4. The van der Waals surface area contributed by atoms with E-state index in [4.69, 9.17) is 0 Å². The summed E-state index contributed by atoms with van der Waals surface area (Å²) in [6.45, 7) is 6.21. The van der Waals surface area contributed by atoms with Crippen molar-refractivity contribution in [2.75, 3.05) is 20.6 Å². The minimum atomic E-state index is -0.231. The van der Waals surface area contributed by atoms with Crippen LogP contribution in [0, 0.1) is 5.92 Å². The number of nitrogens with zero attached hydrogens (tertiary/aromatic N) is 2. The minimum Gasteiger partial charge on any atom is -0.350 e. The van der Waals surface area contributed by atoms with Crippen LogP contribution >= 0.6 is 0 Å². The molecule has 1 rings (SSSR count). The first-order valence-corrected chi connectivity index (χ1v) is 8.68. The zero-order valence-electron chi connectivity index (χ0n) is 16.2. The number of likely N-dealkylation sites (N-methyl/N-ethyl adjacent to an activating group) is 2. The zero-order valence-corrected chi connectivity index (χ0v) is 16.2. The third-order valence-corrected chi connectivity index (χ3v) is 4.23. The molecule has 0 aliphatic rings. The Labute approximate surface area is 155 Å². The summed E-state index contributed by atoms with van der Waals surface area (Å²) in [5.41, 5.74) is 1.65. The van der Waals surface area contributed by atoms with Crippen molar-refractivity contribution in [1.29, 1.82) is 0 Å². The first-order valence-electron chi connectivity index (χ1n) is 8.68. The molecule has 0 radical (unpaired) electrons. The Morgan fingerprint density at radius 3 is 2.31 bits per heavy atom. The zero-order chi connectivity index (χ0) is 19.7. The smallest absolute Gasteiger partial charge is 0.249 e. The van der Waals surface area contributed by atoms with Gasteiger partial charge in [-0.05, 0) is 18.4 Å². The maximum Gasteiger partial charge on any atom is 0.249 e. The minimum absolute atomic E-state index is 0.0576. The topological polar surface area (TPSA) is 69.7 Å². The molecule has 0 heterocycles. The molecule has 6 nitrogen and oxygen atoms in total. The predicted octanol–water partition coefficient (Wildman–Crippen LogP) is 1.82. The van der Waals surface area contributed by atoms with Crippen LogP contribution in [0.2, 0.25) is 0 Å². The van der Waals surface area contributed by atoms with E-state index in [9.17, 15) is 14.4 Å². The number of amides is 3. The maximum absolute atomic E-state index is 12.7. The Hall–Kier alpha value is -2.63. The van der Waals surface area contributed by atoms with E-state index in [1.807, 2.05) is 50.3 Å². The van der Waals surface area contributed by atoms with Gasteiger partial charge in [0.05, 0.1) is 12.6 Å². The van der Waals surface area contributed by atoms with Crippen LogP contribution in [0.15, 0.2) is 42.0 Å². The average molecular weight is 359 g/mol. The summed E-state index contributed by atoms with van der Waals surface area (Å²) in [4.78, 5) is 38.4. The van der Waals surface area contributed by atoms with Crippen LogP contribution in [-0.4, -0.2) is 54.7 Å². The van der Waals surface area contributed by atoms with E-state index in [2.05, 4.69) is 5.32 Å². The molecule has 0 bridgehead atoms. The molecule has 1 N–H and O–H groups in total. The summed E-state index contributed by atoms with van der Waals surface area (Å²) in [6.07, 6.45) is 2.33. The number of hydrogen-bond acceptors (Lipinski definition) is 3. The van der Waals surface area contributed by atoms with Gasteiger partial charge in [0.15, 0.2) is 0 Å². The summed E-state index contributed by atoms with van der Waals surface area (Å²) in [6, 6.07) is 9.55. The van der Waals surface area contributed by atoms with E-state index in [1.165, 1.54) is 0 Å². The van der Waals surface area contributed by atoms with Crippen LogP contribution < -0.4 is 5.32 Å². The van der Waals surface area contributed by atoms with Crippen LogP contribution in [0.5, 0.6) is 0 Å². The van der Waals surface area contributed by atoms with E-state index in [1.54, 1.807) is 30.8 Å². The predicted molar refractivity (Wildman–Crippen MR) is 102 cm³/mol. The van der Waals surface area contributed by atoms with Gasteiger partial charge in [-0.15, -0.1) is 0 Å². The van der Waals surface area contributed by atoms with Crippen LogP contribution in [-0.2, 0) is 20.9 Å². The molecule has 0 aromatic heterocycles. The standard InChI is InChI=1S/C20H29N3O3/c1-15(2)18(23(5)19(25)12-21-14-24)11-16(3)20(26)22(4)13-17-9-7-6-8-10-17/h6-11,14-15,18H,12-13H2,1-5H3,(H,21,24)/b16-11+/t18-/m1/s1. The van der Waals surface area contributed by atoms with Crippen molar-refractivity contribution in [3.8, 4) is 0 Å². The van der Waals surface area contributed by atoms with Gasteiger partial charge < -0.3 is 15.1 Å². The molecule has 1 atom stereocenters. The van der Waals surface area contributed by atoms with Crippen molar-refractivity contribution in [3.05, 3.63) is 47.5 Å². The highest BCUT2D eigenvalue weighted by Crippen LogP contribution is 2.15. The van der Waals surface area contributed by atoms with Crippen LogP contribution in [0.4, 0.5) is 0 Å². The normalized spacial score (nSPS) is 12.5. The lowest BCUT2D eigenvalue weighted by Crippen LogP contribution is -2.43. The molecule has 0 fully saturated rings. The molecule has 26 heavy (non-hydrogen) atoms. The number of hydrogen-bond donors (Lipinski definition) is 1. The van der Waals surface area contributed by atoms with E-state index in [-0.39, 0.29) is 30.3 Å². The van der Waals surface area contributed by atoms with Gasteiger partial charge in [0.1, 0.15) is 0 Å². The summed E-state index contributed by atoms with van der Waals surface area (Å²) < 4.78 is 0. The number of nitrogens with one attached hydrogen (secondary N) is 1. The van der Waals surface area contributed by atoms with Crippen molar-refractivity contribution in [3.63, 3.8) is 0 Å². The Morgan fingerprint density at radius 2 is 1.77 bits per heavy atom. The second-order valence-electron chi connectivity index (χ2n) is 6.73. The van der Waals surface area contributed by atoms with Gasteiger partial charge in [-0.2, -0.15) is 0 Å². The van der Waals surface area contributed by atoms with Gasteiger partial charge in [0, 0.05) is 26.2 Å². The SMILES string of the molecule is C/C(=C\[C@H](C(C)C)N(C)C(=O)CNC=O)C(=O)N(C)Cc1ccccc1. The molecule has 0 aliphatic heterocycles. The van der Waals surface area contributed by atoms with Crippen molar-refractivity contribution in [2.24, 2.45) is 5.92 Å². The fourth-order valence-corrected chi connectivity index (χ4v) is 2.73. The Bertz CT molecular complexity index is 641. The molecule has 0 saturated carbocycles. The maximum atomic E-state index is 12.7. The molecule has 0 saturated heterocycles. The number of carbonyl (C=O) groups excluding carboxylic acids is 3. The number of benzene rings is 1. The number of carbonyl (C=O) groups is 3. The van der Waals surface area contributed by atoms with Gasteiger partial charge in [-0.3, -0.25) is 14.4 Å². The lowest BCUT2D eigenvalue weighted by Gasteiger charge is -2.30. The highest BCUT2D eigenvalue weighted by atomic mass is 16.2. The van der Waals surface area contributed by atoms with Crippen molar-refractivity contribution < 1.29 is 14.4 Å². The quantitative estimate of drug-likeness (QED) is 0.540. The van der Waals surface area contributed by atoms with Gasteiger partial charge in [-0.25, -0.2) is 0 Å². The summed E-state index contributed by atoms with van der Waals surface area (Å²) in [7, 11) is 3.45. The Morgan fingerprint density at radius 1 is 1.15 bits per heavy atom. The summed E-state index contributed by atoms with van der Waals surface area (Å²) in [5.74, 6) is -0.154. The fourth-order valence-electron chi connectivity index (χ4n) is 2.73. The molecule has 1 aromatic rings. The van der Waals surface area contributed by atoms with E-state index >= 15 is 0 Å². The van der Waals surface area contributed by atoms with Gasteiger partial charge in [-0.1, -0.05) is 50.3 Å². The van der Waals surface area contributed by atoms with Crippen molar-refractivity contribution in [1.82, 2.24) is 15.1 Å². The monoisotopic (exact) mass is 359 g/mol. The lowest BCUT2D eigenvalue weighted by molar-refractivity contribution is -0.132. The number of rotatable bonds is 9. The fraction of sp³-hybridized carbons (Fsp3) is 0.450. The first kappa shape index (κ1) is 21.4. The van der Waals surface area contributed by atoms with Crippen LogP contribution in [0.1, 0.15) is 26.3 Å². The Balaban J connectivity index is 2.85. The first-order chi connectivity index (χ1) is 12.3. The summed E-state index contributed by atoms with van der Waals surface area (Å²) >= 11 is 0. The lowest BCUT2D eigenvalue weighted by atomic mass is 9.99. The van der Waals surface area contributed by atoms with Crippen molar-refractivity contribution in [2.45, 2.75) is 33.4 Å². The van der Waals surface area contributed by atoms with Crippen LogP contribution in [0.25, 0.3) is 0 Å². The molecule has 142 valence electrons. The third kappa shape index (κ3) is 6.35. The van der Waals surface area contributed by atoms with Crippen LogP contribution in [0.3, 0.4) is 0 Å². The molecule has 0 unspecified atom stereocenters. The van der Waals surface area contributed by atoms with E-state index in [0.717, 1.165) is 5.56 Å². The van der Waals surface area contributed by atoms with E-state index in [0.29, 0.717) is 18.5 Å². The molecule has 3 amide bonds. The van der Waals surface area contributed by atoms with Gasteiger partial charge in [0.2, 0.25) is 18.2 Å². The average Bonchev–Trinajstić information content (AvgIpc) is 2.63. The molecule has 1 aromatic carbocycles. The molecular weight excluding hydrogens is 330 g/mol. The summed E-state index contributed by atoms with van der Waals surface area (Å²) in [5, 5.41) is 2.38. The van der Waals surface area contributed by atoms with Gasteiger partial charge in [0.25, 0.3) is 0 Å². The molecular formula is C20H29N3O3. The van der Waals surface area contributed by atoms with E-state index < -0.39 is 0 Å². The molecule has 0 aliphatic carbocycles. The molecule has 0 spiro atoms.